The molecule has 0 saturated carbocycles. The van der Waals surface area contributed by atoms with Gasteiger partial charge in [-0.3, -0.25) is 0 Å². The molecule has 0 spiro atoms. The molecule has 0 amide bonds. The van der Waals surface area contributed by atoms with E-state index >= 15 is 0 Å². The Labute approximate surface area is 291 Å². The third kappa shape index (κ3) is 4.88. The minimum Gasteiger partial charge on any atom is -0.309 e. The molecule has 0 N–H and O–H groups in total. The van der Waals surface area contributed by atoms with Gasteiger partial charge in [0.15, 0.2) is 8.07 Å². The number of nitriles is 3. The molecule has 5 heteroatoms. The van der Waals surface area contributed by atoms with Crippen molar-refractivity contribution in [2.75, 3.05) is 0 Å². The SMILES string of the molecule is N#Cc1ccc2c(c1)c1cc(C#N)ccc1n2-c1cccc(-c2ccc(C#N)c([Si](c3ccccc3)(c3ccccc3)c3ccccc3)c2)c1. The van der Waals surface area contributed by atoms with E-state index in [9.17, 15) is 15.8 Å². The third-order valence-electron chi connectivity index (χ3n) is 9.63. The van der Waals surface area contributed by atoms with Crippen molar-refractivity contribution in [3.8, 4) is 35.0 Å². The van der Waals surface area contributed by atoms with Crippen molar-refractivity contribution < 1.29 is 0 Å². The Hall–Kier alpha value is -6.97. The van der Waals surface area contributed by atoms with Crippen LogP contribution in [0, 0.1) is 34.0 Å². The molecule has 8 rings (SSSR count). The van der Waals surface area contributed by atoms with Crippen LogP contribution in [-0.2, 0) is 0 Å². The largest absolute Gasteiger partial charge is 0.309 e. The number of rotatable bonds is 6. The van der Waals surface area contributed by atoms with Gasteiger partial charge in [0.05, 0.1) is 45.9 Å². The Bertz CT molecular complexity index is 2510. The van der Waals surface area contributed by atoms with Gasteiger partial charge in [0.1, 0.15) is 0 Å². The third-order valence-corrected chi connectivity index (χ3v) is 14.4. The molecule has 4 nitrogen and oxygen atoms in total. The van der Waals surface area contributed by atoms with E-state index in [1.807, 2.05) is 66.7 Å². The Kier molecular flexibility index (Phi) is 7.63. The van der Waals surface area contributed by atoms with Crippen LogP contribution in [0.2, 0.25) is 0 Å². The van der Waals surface area contributed by atoms with Gasteiger partial charge in [0.2, 0.25) is 0 Å². The van der Waals surface area contributed by atoms with Gasteiger partial charge in [0, 0.05) is 16.5 Å². The minimum atomic E-state index is -2.97. The fourth-order valence-electron chi connectivity index (χ4n) is 7.43. The van der Waals surface area contributed by atoms with Crippen LogP contribution >= 0.6 is 0 Å². The lowest BCUT2D eigenvalue weighted by atomic mass is 10.0. The molecular formula is C45H28N4Si. The van der Waals surface area contributed by atoms with E-state index in [4.69, 9.17) is 0 Å². The molecule has 8 aromatic rings. The highest BCUT2D eigenvalue weighted by Crippen LogP contribution is 2.34. The molecular weight excluding hydrogens is 625 g/mol. The van der Waals surface area contributed by atoms with Crippen LogP contribution in [0.4, 0.5) is 0 Å². The van der Waals surface area contributed by atoms with Gasteiger partial charge < -0.3 is 4.57 Å². The summed E-state index contributed by atoms with van der Waals surface area (Å²) in [5.41, 5.74) is 6.70. The zero-order chi connectivity index (χ0) is 34.1. The first-order valence-corrected chi connectivity index (χ1v) is 18.4. The molecule has 50 heavy (non-hydrogen) atoms. The van der Waals surface area contributed by atoms with E-state index in [0.29, 0.717) is 16.7 Å². The molecule has 0 fully saturated rings. The summed E-state index contributed by atoms with van der Waals surface area (Å²) < 4.78 is 2.19. The summed E-state index contributed by atoms with van der Waals surface area (Å²) in [6.07, 6.45) is 0. The van der Waals surface area contributed by atoms with E-state index in [1.54, 1.807) is 0 Å². The van der Waals surface area contributed by atoms with Crippen LogP contribution in [0.25, 0.3) is 38.6 Å². The maximum Gasteiger partial charge on any atom is 0.180 e. The zero-order valence-corrected chi connectivity index (χ0v) is 28.0. The zero-order valence-electron chi connectivity index (χ0n) is 27.0. The molecule has 7 aromatic carbocycles. The number of fused-ring (bicyclic) bond motifs is 3. The van der Waals surface area contributed by atoms with Gasteiger partial charge in [-0.1, -0.05) is 115 Å². The van der Waals surface area contributed by atoms with Crippen LogP contribution < -0.4 is 20.7 Å². The summed E-state index contributed by atoms with van der Waals surface area (Å²) in [6.45, 7) is 0. The monoisotopic (exact) mass is 652 g/mol. The van der Waals surface area contributed by atoms with Crippen molar-refractivity contribution in [3.63, 3.8) is 0 Å². The first-order chi connectivity index (χ1) is 24.6. The predicted octanol–water partition coefficient (Wildman–Crippen LogP) is 7.44. The number of benzene rings is 7. The molecule has 1 heterocycles. The average molecular weight is 653 g/mol. The summed E-state index contributed by atoms with van der Waals surface area (Å²) >= 11 is 0. The molecule has 0 bridgehead atoms. The van der Waals surface area contributed by atoms with Crippen molar-refractivity contribution in [2.24, 2.45) is 0 Å². The normalized spacial score (nSPS) is 11.1. The first kappa shape index (κ1) is 30.4. The summed E-state index contributed by atoms with van der Waals surface area (Å²) in [6, 6.07) is 65.1. The van der Waals surface area contributed by atoms with Gasteiger partial charge in [-0.15, -0.1) is 0 Å². The van der Waals surface area contributed by atoms with Gasteiger partial charge in [-0.2, -0.15) is 15.8 Å². The lowest BCUT2D eigenvalue weighted by Gasteiger charge is -2.35. The number of hydrogen-bond donors (Lipinski definition) is 0. The smallest absolute Gasteiger partial charge is 0.180 e. The summed E-state index contributed by atoms with van der Waals surface area (Å²) in [5, 5.41) is 36.5. The van der Waals surface area contributed by atoms with Crippen molar-refractivity contribution in [2.45, 2.75) is 0 Å². The molecule has 0 saturated heterocycles. The van der Waals surface area contributed by atoms with Crippen LogP contribution in [0.3, 0.4) is 0 Å². The predicted molar refractivity (Wildman–Crippen MR) is 204 cm³/mol. The number of nitrogens with zero attached hydrogens (tertiary/aromatic N) is 4. The van der Waals surface area contributed by atoms with Crippen molar-refractivity contribution >= 4 is 50.6 Å². The topological polar surface area (TPSA) is 76.3 Å². The molecule has 0 radical (unpaired) electrons. The maximum atomic E-state index is 10.7. The summed E-state index contributed by atoms with van der Waals surface area (Å²) in [5.74, 6) is 0. The Morgan fingerprint density at radius 3 is 1.40 bits per heavy atom. The van der Waals surface area contributed by atoms with Gasteiger partial charge >= 0.3 is 0 Å². The standard InChI is InChI=1S/C45H28N4Si/c46-29-32-19-23-43-41(25-32)42-26-33(30-47)20-24-44(42)49(43)37-12-10-11-34(27-37)35-21-22-36(31-48)45(28-35)50(38-13-4-1-5-14-38,39-15-6-2-7-16-39)40-17-8-3-9-18-40/h1-28H. The highest BCUT2D eigenvalue weighted by atomic mass is 28.3. The van der Waals surface area contributed by atoms with Gasteiger partial charge in [-0.05, 0) is 86.5 Å². The maximum absolute atomic E-state index is 10.7. The molecule has 232 valence electrons. The second kappa shape index (κ2) is 12.6. The van der Waals surface area contributed by atoms with Crippen LogP contribution in [0.1, 0.15) is 16.7 Å². The van der Waals surface area contributed by atoms with E-state index in [2.05, 4.69) is 126 Å². The Balaban J connectivity index is 1.38. The lowest BCUT2D eigenvalue weighted by molar-refractivity contribution is 1.18. The highest BCUT2D eigenvalue weighted by molar-refractivity contribution is 7.20. The van der Waals surface area contributed by atoms with Gasteiger partial charge in [-0.25, -0.2) is 0 Å². The Morgan fingerprint density at radius 2 is 0.920 bits per heavy atom. The second-order valence-electron chi connectivity index (χ2n) is 12.3. The Morgan fingerprint density at radius 1 is 0.420 bits per heavy atom. The fraction of sp³-hybridized carbons (Fsp3) is 0. The lowest BCUT2D eigenvalue weighted by Crippen LogP contribution is -2.75. The van der Waals surface area contributed by atoms with E-state index in [1.165, 1.54) is 15.6 Å². The van der Waals surface area contributed by atoms with Crippen molar-refractivity contribution in [3.05, 3.63) is 187 Å². The van der Waals surface area contributed by atoms with Crippen LogP contribution in [0.15, 0.2) is 170 Å². The van der Waals surface area contributed by atoms with Crippen molar-refractivity contribution in [1.82, 2.24) is 4.57 Å². The van der Waals surface area contributed by atoms with Crippen LogP contribution in [-0.4, -0.2) is 12.6 Å². The number of hydrogen-bond acceptors (Lipinski definition) is 3. The minimum absolute atomic E-state index is 0.570. The van der Waals surface area contributed by atoms with E-state index in [-0.39, 0.29) is 0 Å². The second-order valence-corrected chi connectivity index (χ2v) is 16.1. The van der Waals surface area contributed by atoms with E-state index < -0.39 is 8.07 Å². The van der Waals surface area contributed by atoms with Gasteiger partial charge in [0.25, 0.3) is 0 Å². The highest BCUT2D eigenvalue weighted by Gasteiger charge is 2.43. The molecule has 0 unspecified atom stereocenters. The summed E-state index contributed by atoms with van der Waals surface area (Å²) in [4.78, 5) is 0. The molecule has 0 atom stereocenters. The molecule has 0 aliphatic rings. The molecule has 1 aromatic heterocycles. The molecule has 0 aliphatic heterocycles. The fourth-order valence-corrected chi connectivity index (χ4v) is 12.4. The average Bonchev–Trinajstić information content (AvgIpc) is 3.52. The summed E-state index contributed by atoms with van der Waals surface area (Å²) in [7, 11) is -2.97. The van der Waals surface area contributed by atoms with Crippen LogP contribution in [0.5, 0.6) is 0 Å². The first-order valence-electron chi connectivity index (χ1n) is 16.4. The quantitative estimate of drug-likeness (QED) is 0.138. The van der Waals surface area contributed by atoms with E-state index in [0.717, 1.165) is 43.8 Å². The number of aromatic nitrogens is 1. The molecule has 0 aliphatic carbocycles. The van der Waals surface area contributed by atoms with Crippen molar-refractivity contribution in [1.29, 1.82) is 15.8 Å².